The molecule has 3 rings (SSSR count). The summed E-state index contributed by atoms with van der Waals surface area (Å²) >= 11 is 0. The molecule has 1 aromatic carbocycles. The number of piperidine rings is 2. The molecule has 1 aromatic rings. The molecule has 2 aliphatic heterocycles. The second kappa shape index (κ2) is 9.08. The number of carbonyl (C=O) groups is 1. The van der Waals surface area contributed by atoms with Crippen molar-refractivity contribution in [3.63, 3.8) is 0 Å². The van der Waals surface area contributed by atoms with Crippen molar-refractivity contribution in [2.24, 2.45) is 5.92 Å². The van der Waals surface area contributed by atoms with E-state index in [9.17, 15) is 20.1 Å². The van der Waals surface area contributed by atoms with Crippen LogP contribution in [0, 0.1) is 5.92 Å². The highest BCUT2D eigenvalue weighted by Gasteiger charge is 2.31. The molecule has 2 heterocycles. The molecule has 2 fully saturated rings. The normalized spacial score (nSPS) is 21.3. The van der Waals surface area contributed by atoms with E-state index in [2.05, 4.69) is 4.90 Å². The van der Waals surface area contributed by atoms with Crippen LogP contribution in [0.1, 0.15) is 31.2 Å². The number of carbonyl (C=O) groups excluding carboxylic acids is 1. The zero-order valence-electron chi connectivity index (χ0n) is 16.2. The van der Waals surface area contributed by atoms with Gasteiger partial charge in [-0.25, -0.2) is 0 Å². The topological polar surface area (TPSA) is 84.2 Å². The Morgan fingerprint density at radius 2 is 1.81 bits per heavy atom. The first kappa shape index (κ1) is 20.2. The van der Waals surface area contributed by atoms with Gasteiger partial charge in [-0.15, -0.1) is 0 Å². The van der Waals surface area contributed by atoms with Crippen LogP contribution in [0.5, 0.6) is 5.75 Å². The number of rotatable bonds is 5. The van der Waals surface area contributed by atoms with Gasteiger partial charge < -0.3 is 25.1 Å². The molecule has 1 atom stereocenters. The fraction of sp³-hybridized carbons (Fsp3) is 0.650. The fourth-order valence-electron chi connectivity index (χ4n) is 4.32. The average molecular weight is 374 g/mol. The molecule has 0 spiro atoms. The Labute approximate surface area is 162 Å². The molecular formula is C20H31BN2O4. The van der Waals surface area contributed by atoms with Gasteiger partial charge in [0.25, 0.3) is 5.91 Å². The quantitative estimate of drug-likeness (QED) is 0.591. The minimum atomic E-state index is -1.04. The lowest BCUT2D eigenvalue weighted by Crippen LogP contribution is -2.51. The standard InChI is InChI=1S/C20H31BN2O4/c21-17-11-15(1-2-18(17)25)12-19(26)20(27)23-9-5-16(6-10-23)22-7-3-14(13-24)4-8-22/h1-2,11,14,16,19,24-26H,3-10,12-13,21H2/t19-/m1/s1. The Balaban J connectivity index is 1.47. The first-order chi connectivity index (χ1) is 13.0. The molecule has 1 amide bonds. The van der Waals surface area contributed by atoms with Gasteiger partial charge in [-0.3, -0.25) is 4.79 Å². The molecule has 0 bridgehead atoms. The summed E-state index contributed by atoms with van der Waals surface area (Å²) in [5, 5.41) is 29.2. The highest BCUT2D eigenvalue weighted by Crippen LogP contribution is 2.24. The lowest BCUT2D eigenvalue weighted by Gasteiger charge is -2.42. The summed E-state index contributed by atoms with van der Waals surface area (Å²) in [6.07, 6.45) is 3.24. The van der Waals surface area contributed by atoms with Crippen molar-refractivity contribution in [3.8, 4) is 5.75 Å². The Kier molecular flexibility index (Phi) is 6.79. The van der Waals surface area contributed by atoms with Crippen molar-refractivity contribution in [2.45, 2.75) is 44.2 Å². The Morgan fingerprint density at radius 3 is 2.41 bits per heavy atom. The second-order valence-corrected chi connectivity index (χ2v) is 8.06. The van der Waals surface area contributed by atoms with Crippen LogP contribution in [0.4, 0.5) is 0 Å². The van der Waals surface area contributed by atoms with Gasteiger partial charge in [-0.05, 0) is 61.8 Å². The molecule has 148 valence electrons. The number of phenols is 1. The molecule has 2 saturated heterocycles. The van der Waals surface area contributed by atoms with Crippen LogP contribution < -0.4 is 5.46 Å². The number of hydrogen-bond donors (Lipinski definition) is 3. The number of benzene rings is 1. The first-order valence-corrected chi connectivity index (χ1v) is 10.1. The van der Waals surface area contributed by atoms with Crippen LogP contribution in [0.25, 0.3) is 0 Å². The molecule has 3 N–H and O–H groups in total. The number of phenolic OH excluding ortho intramolecular Hbond substituents is 1. The molecule has 27 heavy (non-hydrogen) atoms. The summed E-state index contributed by atoms with van der Waals surface area (Å²) in [6, 6.07) is 5.67. The molecule has 2 aliphatic rings. The number of aliphatic hydroxyl groups is 2. The van der Waals surface area contributed by atoms with Crippen LogP contribution in [0.2, 0.25) is 0 Å². The molecule has 0 aromatic heterocycles. The third-order valence-electron chi connectivity index (χ3n) is 6.18. The summed E-state index contributed by atoms with van der Waals surface area (Å²) < 4.78 is 0. The summed E-state index contributed by atoms with van der Waals surface area (Å²) in [6.45, 7) is 3.74. The lowest BCUT2D eigenvalue weighted by atomic mass is 9.91. The Bertz CT molecular complexity index is 641. The smallest absolute Gasteiger partial charge is 0.251 e. The monoisotopic (exact) mass is 374 g/mol. The van der Waals surface area contributed by atoms with Gasteiger partial charge in [0.1, 0.15) is 19.7 Å². The van der Waals surface area contributed by atoms with E-state index < -0.39 is 6.10 Å². The van der Waals surface area contributed by atoms with Gasteiger partial charge in [-0.2, -0.15) is 0 Å². The van der Waals surface area contributed by atoms with Gasteiger partial charge in [0.15, 0.2) is 0 Å². The van der Waals surface area contributed by atoms with Gasteiger partial charge in [0.05, 0.1) is 0 Å². The Hall–Kier alpha value is -1.57. The summed E-state index contributed by atoms with van der Waals surface area (Å²) in [5.74, 6) is 0.476. The van der Waals surface area contributed by atoms with Crippen molar-refractivity contribution in [1.82, 2.24) is 9.80 Å². The number of amides is 1. The summed E-state index contributed by atoms with van der Waals surface area (Å²) in [4.78, 5) is 16.9. The maximum atomic E-state index is 12.6. The minimum Gasteiger partial charge on any atom is -0.509 e. The second-order valence-electron chi connectivity index (χ2n) is 8.06. The maximum Gasteiger partial charge on any atom is 0.251 e. The molecule has 7 heteroatoms. The van der Waals surface area contributed by atoms with E-state index in [0.29, 0.717) is 31.7 Å². The Morgan fingerprint density at radius 1 is 1.15 bits per heavy atom. The van der Waals surface area contributed by atoms with Gasteiger partial charge >= 0.3 is 0 Å². The van der Waals surface area contributed by atoms with E-state index in [4.69, 9.17) is 0 Å². The van der Waals surface area contributed by atoms with Gasteiger partial charge in [0.2, 0.25) is 0 Å². The zero-order chi connectivity index (χ0) is 19.4. The average Bonchev–Trinajstić information content (AvgIpc) is 2.70. The van der Waals surface area contributed by atoms with Crippen LogP contribution >= 0.6 is 0 Å². The van der Waals surface area contributed by atoms with Crippen LogP contribution in [-0.2, 0) is 11.2 Å². The van der Waals surface area contributed by atoms with Gasteiger partial charge in [-0.1, -0.05) is 12.1 Å². The predicted octanol–water partition coefficient (Wildman–Crippen LogP) is -0.751. The number of hydrogen-bond acceptors (Lipinski definition) is 5. The first-order valence-electron chi connectivity index (χ1n) is 10.1. The van der Waals surface area contributed by atoms with E-state index in [1.165, 1.54) is 0 Å². The summed E-state index contributed by atoms with van der Waals surface area (Å²) in [5.41, 5.74) is 1.60. The number of aliphatic hydroxyl groups excluding tert-OH is 2. The van der Waals surface area contributed by atoms with E-state index >= 15 is 0 Å². The zero-order valence-corrected chi connectivity index (χ0v) is 16.2. The third-order valence-corrected chi connectivity index (χ3v) is 6.18. The highest BCUT2D eigenvalue weighted by molar-refractivity contribution is 6.34. The summed E-state index contributed by atoms with van der Waals surface area (Å²) in [7, 11) is 1.81. The van der Waals surface area contributed by atoms with Crippen molar-refractivity contribution < 1.29 is 20.1 Å². The highest BCUT2D eigenvalue weighted by atomic mass is 16.3. The van der Waals surface area contributed by atoms with Crippen molar-refractivity contribution >= 4 is 19.2 Å². The van der Waals surface area contributed by atoms with Crippen molar-refractivity contribution in [3.05, 3.63) is 23.8 Å². The van der Waals surface area contributed by atoms with Crippen molar-refractivity contribution in [1.29, 1.82) is 0 Å². The van der Waals surface area contributed by atoms with E-state index in [-0.39, 0.29) is 18.1 Å². The van der Waals surface area contributed by atoms with E-state index in [1.54, 1.807) is 24.9 Å². The van der Waals surface area contributed by atoms with Crippen LogP contribution in [0.3, 0.4) is 0 Å². The fourth-order valence-corrected chi connectivity index (χ4v) is 4.32. The number of nitrogens with zero attached hydrogens (tertiary/aromatic N) is 2. The molecular weight excluding hydrogens is 343 g/mol. The van der Waals surface area contributed by atoms with Crippen LogP contribution in [-0.4, -0.2) is 83.8 Å². The lowest BCUT2D eigenvalue weighted by molar-refractivity contribution is -0.141. The number of aromatic hydroxyl groups is 1. The SMILES string of the molecule is Bc1cc(C[C@@H](O)C(=O)N2CCC(N3CCC(CO)CC3)CC2)ccc1O. The molecule has 0 aliphatic carbocycles. The van der Waals surface area contributed by atoms with E-state index in [0.717, 1.165) is 49.8 Å². The van der Waals surface area contributed by atoms with Crippen molar-refractivity contribution in [2.75, 3.05) is 32.8 Å². The van der Waals surface area contributed by atoms with Crippen LogP contribution in [0.15, 0.2) is 18.2 Å². The van der Waals surface area contributed by atoms with Gasteiger partial charge in [0, 0.05) is 32.2 Å². The predicted molar refractivity (Wildman–Crippen MR) is 107 cm³/mol. The number of likely N-dealkylation sites (tertiary alicyclic amines) is 2. The minimum absolute atomic E-state index is 0.196. The largest absolute Gasteiger partial charge is 0.509 e. The molecule has 6 nitrogen and oxygen atoms in total. The third kappa shape index (κ3) is 5.03. The molecule has 0 radical (unpaired) electrons. The molecule has 0 saturated carbocycles. The van der Waals surface area contributed by atoms with E-state index in [1.807, 2.05) is 6.07 Å². The molecule has 0 unspecified atom stereocenters. The maximum absolute atomic E-state index is 12.6.